The van der Waals surface area contributed by atoms with E-state index >= 15 is 0 Å². The van der Waals surface area contributed by atoms with Crippen molar-refractivity contribution in [3.8, 4) is 16.9 Å². The van der Waals surface area contributed by atoms with Crippen molar-refractivity contribution in [3.63, 3.8) is 0 Å². The SMILES string of the molecule is C1CCNC1.COc1c(-c2cnn(C3COC3)c2)ccc2c1CC[C@H](C)N2C(C)=O. The normalized spacial score (nSPS) is 20.8. The quantitative estimate of drug-likeness (QED) is 0.839. The second-order valence-corrected chi connectivity index (χ2v) is 8.28. The molecule has 0 aliphatic carbocycles. The van der Waals surface area contributed by atoms with Crippen LogP contribution >= 0.6 is 0 Å². The van der Waals surface area contributed by atoms with Crippen LogP contribution in [0.4, 0.5) is 5.69 Å². The molecular weight excluding hydrogens is 380 g/mol. The van der Waals surface area contributed by atoms with Gasteiger partial charge in [-0.2, -0.15) is 5.10 Å². The zero-order chi connectivity index (χ0) is 21.1. The molecular formula is C23H32N4O3. The van der Waals surface area contributed by atoms with Crippen LogP contribution in [0.15, 0.2) is 24.5 Å². The third-order valence-electron chi connectivity index (χ3n) is 6.16. The van der Waals surface area contributed by atoms with Crippen molar-refractivity contribution in [3.05, 3.63) is 30.1 Å². The molecule has 2 fully saturated rings. The summed E-state index contributed by atoms with van der Waals surface area (Å²) in [4.78, 5) is 14.0. The van der Waals surface area contributed by atoms with Crippen molar-refractivity contribution in [2.24, 2.45) is 0 Å². The standard InChI is InChI=1S/C19H23N3O3.C4H9N/c1-12-4-5-17-18(22(12)13(2)23)7-6-16(19(17)24-3)14-8-20-21(9-14)15-10-25-11-15;1-2-4-5-3-1/h6-9,12,15H,4-5,10-11H2,1-3H3;5H,1-4H2/t12-;/m0./s1. The fourth-order valence-corrected chi connectivity index (χ4v) is 4.42. The zero-order valence-electron chi connectivity index (χ0n) is 18.2. The van der Waals surface area contributed by atoms with Gasteiger partial charge in [0.1, 0.15) is 5.75 Å². The minimum atomic E-state index is 0.0704. The molecule has 0 unspecified atom stereocenters. The maximum Gasteiger partial charge on any atom is 0.224 e. The van der Waals surface area contributed by atoms with Gasteiger partial charge in [-0.15, -0.1) is 0 Å². The highest BCUT2D eigenvalue weighted by Crippen LogP contribution is 2.42. The molecule has 30 heavy (non-hydrogen) atoms. The lowest BCUT2D eigenvalue weighted by atomic mass is 9.92. The molecule has 1 aromatic carbocycles. The first-order valence-corrected chi connectivity index (χ1v) is 10.9. The van der Waals surface area contributed by atoms with Crippen LogP contribution in [0.25, 0.3) is 11.1 Å². The van der Waals surface area contributed by atoms with E-state index in [9.17, 15) is 4.79 Å². The van der Waals surface area contributed by atoms with E-state index < -0.39 is 0 Å². The van der Waals surface area contributed by atoms with Crippen LogP contribution in [0.2, 0.25) is 0 Å². The number of methoxy groups -OCH3 is 1. The molecule has 2 aromatic rings. The summed E-state index contributed by atoms with van der Waals surface area (Å²) in [6, 6.07) is 4.60. The van der Waals surface area contributed by atoms with Crippen molar-refractivity contribution in [1.29, 1.82) is 0 Å². The number of nitrogens with zero attached hydrogens (tertiary/aromatic N) is 3. The lowest BCUT2D eigenvalue weighted by molar-refractivity contribution is -0.117. The van der Waals surface area contributed by atoms with E-state index in [1.54, 1.807) is 14.0 Å². The average Bonchev–Trinajstić information content (AvgIpc) is 3.40. The molecule has 2 saturated heterocycles. The van der Waals surface area contributed by atoms with Crippen molar-refractivity contribution >= 4 is 11.6 Å². The van der Waals surface area contributed by atoms with E-state index in [0.29, 0.717) is 19.3 Å². The molecule has 7 heteroatoms. The van der Waals surface area contributed by atoms with E-state index in [0.717, 1.165) is 41.0 Å². The Labute approximate surface area is 178 Å². The summed E-state index contributed by atoms with van der Waals surface area (Å²) in [5, 5.41) is 7.70. The average molecular weight is 413 g/mol. The number of nitrogens with one attached hydrogen (secondary N) is 1. The molecule has 0 radical (unpaired) electrons. The predicted octanol–water partition coefficient (Wildman–Crippen LogP) is 3.19. The van der Waals surface area contributed by atoms with Crippen LogP contribution < -0.4 is 15.0 Å². The van der Waals surface area contributed by atoms with E-state index in [2.05, 4.69) is 17.3 Å². The molecule has 1 N–H and O–H groups in total. The smallest absolute Gasteiger partial charge is 0.224 e. The van der Waals surface area contributed by atoms with E-state index in [1.807, 2.05) is 34.1 Å². The summed E-state index contributed by atoms with van der Waals surface area (Å²) in [7, 11) is 1.69. The van der Waals surface area contributed by atoms with Crippen LogP contribution in [0, 0.1) is 0 Å². The first-order chi connectivity index (χ1) is 14.6. The van der Waals surface area contributed by atoms with Crippen molar-refractivity contribution in [2.45, 2.75) is 51.6 Å². The fourth-order valence-electron chi connectivity index (χ4n) is 4.42. The Kier molecular flexibility index (Phi) is 6.39. The number of rotatable bonds is 3. The number of carbonyl (C=O) groups is 1. The topological polar surface area (TPSA) is 68.6 Å². The van der Waals surface area contributed by atoms with Crippen molar-refractivity contribution < 1.29 is 14.3 Å². The number of hydrogen-bond donors (Lipinski definition) is 1. The molecule has 1 atom stereocenters. The Morgan fingerprint density at radius 3 is 2.60 bits per heavy atom. The van der Waals surface area contributed by atoms with E-state index in [4.69, 9.17) is 9.47 Å². The van der Waals surface area contributed by atoms with Crippen LogP contribution in [-0.2, 0) is 16.0 Å². The van der Waals surface area contributed by atoms with Crippen molar-refractivity contribution in [1.82, 2.24) is 15.1 Å². The van der Waals surface area contributed by atoms with Gasteiger partial charge in [-0.1, -0.05) is 0 Å². The first-order valence-electron chi connectivity index (χ1n) is 10.9. The summed E-state index contributed by atoms with van der Waals surface area (Å²) >= 11 is 0. The first kappa shape index (κ1) is 20.9. The molecule has 5 rings (SSSR count). The highest BCUT2D eigenvalue weighted by atomic mass is 16.5. The number of amides is 1. The van der Waals surface area contributed by atoms with E-state index in [-0.39, 0.29) is 11.9 Å². The van der Waals surface area contributed by atoms with Crippen LogP contribution in [-0.4, -0.2) is 55.1 Å². The van der Waals surface area contributed by atoms with E-state index in [1.165, 1.54) is 25.9 Å². The third-order valence-corrected chi connectivity index (χ3v) is 6.16. The summed E-state index contributed by atoms with van der Waals surface area (Å²) < 4.78 is 13.0. The molecule has 1 aromatic heterocycles. The Bertz CT molecular complexity index is 879. The molecule has 162 valence electrons. The predicted molar refractivity (Wildman–Crippen MR) is 117 cm³/mol. The number of anilines is 1. The van der Waals surface area contributed by atoms with Gasteiger partial charge in [0.15, 0.2) is 0 Å². The summed E-state index contributed by atoms with van der Waals surface area (Å²) in [5.74, 6) is 0.918. The summed E-state index contributed by atoms with van der Waals surface area (Å²) in [5.41, 5.74) is 4.12. The molecule has 1 amide bonds. The second-order valence-electron chi connectivity index (χ2n) is 8.28. The number of fused-ring (bicyclic) bond motifs is 1. The number of ether oxygens (including phenoxy) is 2. The van der Waals surface area contributed by atoms with Crippen LogP contribution in [0.1, 0.15) is 44.7 Å². The minimum absolute atomic E-state index is 0.0704. The molecule has 0 spiro atoms. The molecule has 4 heterocycles. The molecule has 0 saturated carbocycles. The van der Waals surface area contributed by atoms with Gasteiger partial charge < -0.3 is 19.7 Å². The third kappa shape index (κ3) is 4.09. The van der Waals surface area contributed by atoms with Gasteiger partial charge in [-0.05, 0) is 57.8 Å². The Hall–Kier alpha value is -2.38. The van der Waals surface area contributed by atoms with Gasteiger partial charge in [0.05, 0.1) is 38.2 Å². The van der Waals surface area contributed by atoms with Gasteiger partial charge in [-0.25, -0.2) is 0 Å². The van der Waals surface area contributed by atoms with Gasteiger partial charge in [-0.3, -0.25) is 9.48 Å². The largest absolute Gasteiger partial charge is 0.496 e. The maximum absolute atomic E-state index is 12.1. The molecule has 3 aliphatic rings. The maximum atomic E-state index is 12.1. The molecule has 7 nitrogen and oxygen atoms in total. The van der Waals surface area contributed by atoms with Gasteiger partial charge >= 0.3 is 0 Å². The Morgan fingerprint density at radius 1 is 1.27 bits per heavy atom. The van der Waals surface area contributed by atoms with Gasteiger partial charge in [0.25, 0.3) is 0 Å². The number of hydrogen-bond acceptors (Lipinski definition) is 5. The number of aromatic nitrogens is 2. The highest BCUT2D eigenvalue weighted by Gasteiger charge is 2.30. The molecule has 3 aliphatic heterocycles. The van der Waals surface area contributed by atoms with Gasteiger partial charge in [0.2, 0.25) is 5.91 Å². The lowest BCUT2D eigenvalue weighted by Crippen LogP contribution is -2.40. The summed E-state index contributed by atoms with van der Waals surface area (Å²) in [6.45, 7) is 7.65. The molecule has 0 bridgehead atoms. The lowest BCUT2D eigenvalue weighted by Gasteiger charge is -2.35. The summed E-state index contributed by atoms with van der Waals surface area (Å²) in [6.07, 6.45) is 8.54. The highest BCUT2D eigenvalue weighted by molar-refractivity contribution is 5.95. The van der Waals surface area contributed by atoms with Gasteiger partial charge in [0, 0.05) is 35.9 Å². The zero-order valence-corrected chi connectivity index (χ0v) is 18.2. The Morgan fingerprint density at radius 2 is 2.03 bits per heavy atom. The monoisotopic (exact) mass is 412 g/mol. The minimum Gasteiger partial charge on any atom is -0.496 e. The fraction of sp³-hybridized carbons (Fsp3) is 0.565. The number of benzene rings is 1. The van der Waals surface area contributed by atoms with Crippen LogP contribution in [0.3, 0.4) is 0 Å². The Balaban J connectivity index is 0.000000383. The van der Waals surface area contributed by atoms with Crippen LogP contribution in [0.5, 0.6) is 5.75 Å². The number of carbonyl (C=O) groups excluding carboxylic acids is 1. The second kappa shape index (κ2) is 9.18. The van der Waals surface area contributed by atoms with Crippen molar-refractivity contribution in [2.75, 3.05) is 38.3 Å².